The topological polar surface area (TPSA) is 60.2 Å². The Hall–Kier alpha value is -0.0900. The maximum atomic E-state index is 11.5. The Morgan fingerprint density at radius 3 is 2.08 bits per heavy atom. The molecule has 76 valence electrons. The van der Waals surface area contributed by atoms with Gasteiger partial charge in [0, 0.05) is 12.8 Å². The van der Waals surface area contributed by atoms with E-state index in [0.29, 0.717) is 12.0 Å². The molecule has 0 aliphatic heterocycles. The second-order valence-electron chi connectivity index (χ2n) is 4.87. The highest BCUT2D eigenvalue weighted by molar-refractivity contribution is 7.92. The minimum atomic E-state index is -2.95. The van der Waals surface area contributed by atoms with Gasteiger partial charge in [-0.2, -0.15) is 0 Å². The van der Waals surface area contributed by atoms with Gasteiger partial charge in [-0.1, -0.05) is 6.42 Å². The van der Waals surface area contributed by atoms with Crippen LogP contribution in [0.4, 0.5) is 0 Å². The van der Waals surface area contributed by atoms with E-state index in [0.717, 1.165) is 12.8 Å². The molecule has 0 aromatic heterocycles. The van der Waals surface area contributed by atoms with Crippen molar-refractivity contribution in [1.82, 2.24) is 0 Å². The van der Waals surface area contributed by atoms with Gasteiger partial charge < -0.3 is 5.73 Å². The fourth-order valence-corrected chi connectivity index (χ4v) is 4.34. The molecule has 0 bridgehead atoms. The maximum Gasteiger partial charge on any atom is 0.154 e. The number of rotatable bonds is 2. The molecule has 0 atom stereocenters. The van der Waals surface area contributed by atoms with E-state index in [1.807, 2.05) is 0 Å². The molecule has 2 aliphatic rings. The fourth-order valence-electron chi connectivity index (χ4n) is 2.90. The summed E-state index contributed by atoms with van der Waals surface area (Å²) in [6.45, 7) is 0.299. The van der Waals surface area contributed by atoms with Gasteiger partial charge in [0.2, 0.25) is 0 Å². The van der Waals surface area contributed by atoms with Gasteiger partial charge in [-0.3, -0.25) is 0 Å². The van der Waals surface area contributed by atoms with Crippen molar-refractivity contribution >= 4 is 9.84 Å². The van der Waals surface area contributed by atoms with Crippen LogP contribution in [0.25, 0.3) is 0 Å². The van der Waals surface area contributed by atoms with Crippen LogP contribution >= 0.6 is 0 Å². The molecule has 2 aliphatic carbocycles. The molecule has 0 heterocycles. The van der Waals surface area contributed by atoms with Crippen molar-refractivity contribution in [3.8, 4) is 0 Å². The number of sulfone groups is 1. The zero-order valence-corrected chi connectivity index (χ0v) is 8.86. The molecule has 0 unspecified atom stereocenters. The Labute approximate surface area is 79.6 Å². The fraction of sp³-hybridized carbons (Fsp3) is 1.00. The Morgan fingerprint density at radius 1 is 1.31 bits per heavy atom. The van der Waals surface area contributed by atoms with E-state index < -0.39 is 14.6 Å². The third kappa shape index (κ3) is 1.15. The van der Waals surface area contributed by atoms with Crippen molar-refractivity contribution in [1.29, 1.82) is 0 Å². The normalized spacial score (nSPS) is 29.4. The first kappa shape index (κ1) is 9.46. The lowest BCUT2D eigenvalue weighted by molar-refractivity contribution is -0.00529. The molecular weight excluding hydrogens is 186 g/mol. The first-order valence-electron chi connectivity index (χ1n) is 4.83. The summed E-state index contributed by atoms with van der Waals surface area (Å²) in [5.74, 6) is 0. The van der Waals surface area contributed by atoms with Gasteiger partial charge in [0.15, 0.2) is 9.84 Å². The van der Waals surface area contributed by atoms with Crippen molar-refractivity contribution in [2.24, 2.45) is 11.1 Å². The van der Waals surface area contributed by atoms with Crippen LogP contribution in [0.2, 0.25) is 0 Å². The smallest absolute Gasteiger partial charge is 0.154 e. The minimum Gasteiger partial charge on any atom is -0.329 e. The third-order valence-electron chi connectivity index (χ3n) is 3.97. The summed E-state index contributed by atoms with van der Waals surface area (Å²) in [5.41, 5.74) is 5.95. The molecular formula is C9H17NO2S. The molecule has 0 saturated heterocycles. The summed E-state index contributed by atoms with van der Waals surface area (Å²) in [6, 6.07) is 0. The Morgan fingerprint density at radius 2 is 1.85 bits per heavy atom. The summed E-state index contributed by atoms with van der Waals surface area (Å²) in [7, 11) is -2.95. The van der Waals surface area contributed by atoms with Crippen LogP contribution in [-0.4, -0.2) is 26.0 Å². The van der Waals surface area contributed by atoms with E-state index in [4.69, 9.17) is 5.73 Å². The summed E-state index contributed by atoms with van der Waals surface area (Å²) < 4.78 is 22.5. The lowest BCUT2D eigenvalue weighted by Gasteiger charge is -2.59. The first-order chi connectivity index (χ1) is 5.93. The Balaban J connectivity index is 2.15. The minimum absolute atomic E-state index is 0.299. The highest BCUT2D eigenvalue weighted by Gasteiger charge is 2.61. The average Bonchev–Trinajstić information content (AvgIpc) is 1.79. The Kier molecular flexibility index (Phi) is 1.81. The molecule has 4 heteroatoms. The largest absolute Gasteiger partial charge is 0.329 e. The van der Waals surface area contributed by atoms with Crippen molar-refractivity contribution in [3.05, 3.63) is 0 Å². The lowest BCUT2D eigenvalue weighted by atomic mass is 9.51. The number of hydrogen-bond acceptors (Lipinski definition) is 3. The van der Waals surface area contributed by atoms with Crippen molar-refractivity contribution < 1.29 is 8.42 Å². The highest BCUT2D eigenvalue weighted by atomic mass is 32.2. The van der Waals surface area contributed by atoms with Crippen LogP contribution in [0.15, 0.2) is 0 Å². The monoisotopic (exact) mass is 203 g/mol. The molecule has 0 aromatic rings. The lowest BCUT2D eigenvalue weighted by Crippen LogP contribution is -2.62. The molecule has 0 aromatic carbocycles. The van der Waals surface area contributed by atoms with Gasteiger partial charge in [-0.25, -0.2) is 8.42 Å². The molecule has 2 saturated carbocycles. The number of hydrogen-bond donors (Lipinski definition) is 1. The molecule has 2 N–H and O–H groups in total. The van der Waals surface area contributed by atoms with Gasteiger partial charge in [0.05, 0.1) is 4.75 Å². The first-order valence-corrected chi connectivity index (χ1v) is 6.72. The van der Waals surface area contributed by atoms with Gasteiger partial charge >= 0.3 is 0 Å². The quantitative estimate of drug-likeness (QED) is 0.718. The zero-order chi connectivity index (χ0) is 9.74. The van der Waals surface area contributed by atoms with Crippen LogP contribution in [0, 0.1) is 5.41 Å². The molecule has 2 fully saturated rings. The van der Waals surface area contributed by atoms with Crippen molar-refractivity contribution in [3.63, 3.8) is 0 Å². The van der Waals surface area contributed by atoms with Gasteiger partial charge in [-0.15, -0.1) is 0 Å². The van der Waals surface area contributed by atoms with E-state index in [1.165, 1.54) is 25.5 Å². The molecule has 3 nitrogen and oxygen atoms in total. The highest BCUT2D eigenvalue weighted by Crippen LogP contribution is 2.62. The van der Waals surface area contributed by atoms with Crippen LogP contribution < -0.4 is 5.73 Å². The molecule has 1 spiro atoms. The molecule has 0 radical (unpaired) electrons. The van der Waals surface area contributed by atoms with Crippen LogP contribution in [0.3, 0.4) is 0 Å². The summed E-state index contributed by atoms with van der Waals surface area (Å²) >= 11 is 0. The zero-order valence-electron chi connectivity index (χ0n) is 8.04. The number of nitrogens with two attached hydrogens (primary N) is 1. The van der Waals surface area contributed by atoms with E-state index in [1.54, 1.807) is 0 Å². The van der Waals surface area contributed by atoms with Gasteiger partial charge in [-0.05, 0) is 31.1 Å². The standard InChI is InChI=1S/C9H17NO2S/c1-13(11,12)9(7-10)5-8(6-9)3-2-4-8/h2-7,10H2,1H3. The summed E-state index contributed by atoms with van der Waals surface area (Å²) in [5, 5.41) is 0. The van der Waals surface area contributed by atoms with Gasteiger partial charge in [0.1, 0.15) is 0 Å². The van der Waals surface area contributed by atoms with Crippen LogP contribution in [0.1, 0.15) is 32.1 Å². The van der Waals surface area contributed by atoms with E-state index in [9.17, 15) is 8.42 Å². The molecule has 13 heavy (non-hydrogen) atoms. The van der Waals surface area contributed by atoms with Crippen LogP contribution in [-0.2, 0) is 9.84 Å². The van der Waals surface area contributed by atoms with E-state index in [2.05, 4.69) is 0 Å². The van der Waals surface area contributed by atoms with E-state index in [-0.39, 0.29) is 0 Å². The summed E-state index contributed by atoms with van der Waals surface area (Å²) in [6.07, 6.45) is 6.65. The van der Waals surface area contributed by atoms with Crippen molar-refractivity contribution in [2.45, 2.75) is 36.9 Å². The third-order valence-corrected chi connectivity index (χ3v) is 6.00. The van der Waals surface area contributed by atoms with Crippen molar-refractivity contribution in [2.75, 3.05) is 12.8 Å². The molecule has 2 rings (SSSR count). The predicted molar refractivity (Wildman–Crippen MR) is 52.1 cm³/mol. The van der Waals surface area contributed by atoms with E-state index >= 15 is 0 Å². The average molecular weight is 203 g/mol. The second kappa shape index (κ2) is 2.48. The summed E-state index contributed by atoms with van der Waals surface area (Å²) in [4.78, 5) is 0. The van der Waals surface area contributed by atoms with Crippen LogP contribution in [0.5, 0.6) is 0 Å². The molecule has 0 amide bonds. The second-order valence-corrected chi connectivity index (χ2v) is 7.28. The van der Waals surface area contributed by atoms with Gasteiger partial charge in [0.25, 0.3) is 0 Å². The maximum absolute atomic E-state index is 11.5. The predicted octanol–water partition coefficient (Wildman–Crippen LogP) is 0.693. The Bertz CT molecular complexity index is 309. The SMILES string of the molecule is CS(=O)(=O)C1(CN)CC2(CCC2)C1.